The van der Waals surface area contributed by atoms with Crippen molar-refractivity contribution in [1.29, 1.82) is 0 Å². The molecular formula is C18H24N6O2. The smallest absolute Gasteiger partial charge is 0.236 e. The van der Waals surface area contributed by atoms with Gasteiger partial charge < -0.3 is 9.64 Å². The maximum Gasteiger partial charge on any atom is 0.236 e. The Morgan fingerprint density at radius 1 is 1.12 bits per heavy atom. The fraction of sp³-hybridized carbons (Fsp3) is 0.556. The predicted octanol–water partition coefficient (Wildman–Crippen LogP) is 0.701. The highest BCUT2D eigenvalue weighted by molar-refractivity contribution is 5.78. The third kappa shape index (κ3) is 3.91. The van der Waals surface area contributed by atoms with Gasteiger partial charge >= 0.3 is 0 Å². The van der Waals surface area contributed by atoms with E-state index >= 15 is 0 Å². The van der Waals surface area contributed by atoms with Gasteiger partial charge in [0, 0.05) is 37.6 Å². The van der Waals surface area contributed by atoms with Crippen LogP contribution in [0.25, 0.3) is 5.82 Å². The first-order valence-corrected chi connectivity index (χ1v) is 9.18. The summed E-state index contributed by atoms with van der Waals surface area (Å²) >= 11 is 0. The number of likely N-dealkylation sites (tertiary alicyclic amines) is 1. The molecule has 138 valence electrons. The Bertz CT molecular complexity index is 721. The number of rotatable bonds is 4. The van der Waals surface area contributed by atoms with E-state index < -0.39 is 0 Å². The van der Waals surface area contributed by atoms with E-state index in [-0.39, 0.29) is 5.91 Å². The summed E-state index contributed by atoms with van der Waals surface area (Å²) < 4.78 is 7.18. The first-order chi connectivity index (χ1) is 12.8. The van der Waals surface area contributed by atoms with E-state index in [1.807, 2.05) is 21.9 Å². The molecule has 0 atom stereocenters. The molecule has 2 aromatic rings. The molecule has 2 aromatic heterocycles. The molecule has 4 heterocycles. The lowest BCUT2D eigenvalue weighted by molar-refractivity contribution is -0.136. The molecule has 1 amide bonds. The van der Waals surface area contributed by atoms with Crippen LogP contribution in [0.3, 0.4) is 0 Å². The third-order valence-corrected chi connectivity index (χ3v) is 5.14. The second kappa shape index (κ2) is 7.92. The van der Waals surface area contributed by atoms with Crippen molar-refractivity contribution in [2.24, 2.45) is 0 Å². The van der Waals surface area contributed by atoms with E-state index in [0.29, 0.717) is 38.8 Å². The molecule has 2 saturated heterocycles. The van der Waals surface area contributed by atoms with Crippen LogP contribution >= 0.6 is 0 Å². The molecule has 0 unspecified atom stereocenters. The van der Waals surface area contributed by atoms with Gasteiger partial charge in [0.1, 0.15) is 6.33 Å². The third-order valence-electron chi connectivity index (χ3n) is 5.14. The predicted molar refractivity (Wildman–Crippen MR) is 95.0 cm³/mol. The summed E-state index contributed by atoms with van der Waals surface area (Å²) in [6, 6.07) is 0. The second-order valence-corrected chi connectivity index (χ2v) is 6.82. The highest BCUT2D eigenvalue weighted by Crippen LogP contribution is 2.26. The lowest BCUT2D eigenvalue weighted by Gasteiger charge is -2.34. The number of carbonyl (C=O) groups is 1. The summed E-state index contributed by atoms with van der Waals surface area (Å²) in [4.78, 5) is 29.7. The van der Waals surface area contributed by atoms with Gasteiger partial charge in [-0.2, -0.15) is 0 Å². The maximum absolute atomic E-state index is 12.4. The van der Waals surface area contributed by atoms with Gasteiger partial charge in [0.25, 0.3) is 0 Å². The zero-order chi connectivity index (χ0) is 17.8. The van der Waals surface area contributed by atoms with Gasteiger partial charge in [-0.1, -0.05) is 0 Å². The summed E-state index contributed by atoms with van der Waals surface area (Å²) in [6.07, 6.45) is 10.9. The van der Waals surface area contributed by atoms with E-state index in [1.165, 1.54) is 0 Å². The van der Waals surface area contributed by atoms with Crippen molar-refractivity contribution in [1.82, 2.24) is 29.3 Å². The lowest BCUT2D eigenvalue weighted by Crippen LogP contribution is -2.47. The SMILES string of the molecule is O=C(CN1CCC(c2cncc(-n3ccnc3)n2)CC1)N1CCOCC1. The minimum Gasteiger partial charge on any atom is -0.378 e. The summed E-state index contributed by atoms with van der Waals surface area (Å²) in [7, 11) is 0. The summed E-state index contributed by atoms with van der Waals surface area (Å²) in [5.41, 5.74) is 1.02. The van der Waals surface area contributed by atoms with Crippen molar-refractivity contribution in [3.63, 3.8) is 0 Å². The van der Waals surface area contributed by atoms with Gasteiger partial charge in [-0.15, -0.1) is 0 Å². The van der Waals surface area contributed by atoms with Crippen LogP contribution in [0.1, 0.15) is 24.5 Å². The molecule has 2 aliphatic rings. The number of piperidine rings is 1. The van der Waals surface area contributed by atoms with Crippen molar-refractivity contribution < 1.29 is 9.53 Å². The highest BCUT2D eigenvalue weighted by atomic mass is 16.5. The standard InChI is InChI=1S/C18H24N6O2/c25-18(23-7-9-26-10-8-23)13-22-4-1-15(2-5-22)16-11-20-12-17(21-16)24-6-3-19-14-24/h3,6,11-12,14-15H,1-2,4-5,7-10,13H2. The number of morpholine rings is 1. The Kier molecular flexibility index (Phi) is 5.21. The molecule has 0 bridgehead atoms. The van der Waals surface area contributed by atoms with Crippen LogP contribution < -0.4 is 0 Å². The molecule has 8 nitrogen and oxygen atoms in total. The summed E-state index contributed by atoms with van der Waals surface area (Å²) in [5.74, 6) is 1.40. The molecule has 0 spiro atoms. The molecule has 8 heteroatoms. The Morgan fingerprint density at radius 2 is 1.92 bits per heavy atom. The van der Waals surface area contributed by atoms with Crippen molar-refractivity contribution >= 4 is 5.91 Å². The quantitative estimate of drug-likeness (QED) is 0.803. The molecule has 0 radical (unpaired) electrons. The number of nitrogens with zero attached hydrogens (tertiary/aromatic N) is 6. The molecule has 26 heavy (non-hydrogen) atoms. The largest absolute Gasteiger partial charge is 0.378 e. The average Bonchev–Trinajstić information content (AvgIpc) is 3.24. The first-order valence-electron chi connectivity index (χ1n) is 9.18. The maximum atomic E-state index is 12.4. The molecule has 0 aromatic carbocycles. The minimum atomic E-state index is 0.216. The van der Waals surface area contributed by atoms with Crippen LogP contribution in [0.2, 0.25) is 0 Å². The van der Waals surface area contributed by atoms with E-state index in [1.54, 1.807) is 18.7 Å². The van der Waals surface area contributed by atoms with Crippen molar-refractivity contribution in [3.8, 4) is 5.82 Å². The van der Waals surface area contributed by atoms with Crippen LogP contribution in [-0.4, -0.2) is 81.2 Å². The number of amides is 1. The monoisotopic (exact) mass is 356 g/mol. The van der Waals surface area contributed by atoms with Crippen LogP contribution in [0, 0.1) is 0 Å². The minimum absolute atomic E-state index is 0.216. The van der Waals surface area contributed by atoms with E-state index in [0.717, 1.165) is 37.4 Å². The van der Waals surface area contributed by atoms with Crippen LogP contribution in [0.4, 0.5) is 0 Å². The summed E-state index contributed by atoms with van der Waals surface area (Å²) in [5, 5.41) is 0. The highest BCUT2D eigenvalue weighted by Gasteiger charge is 2.25. The van der Waals surface area contributed by atoms with Gasteiger partial charge in [-0.3, -0.25) is 19.2 Å². The van der Waals surface area contributed by atoms with Gasteiger partial charge in [0.2, 0.25) is 5.91 Å². The molecular weight excluding hydrogens is 332 g/mol. The lowest BCUT2D eigenvalue weighted by atomic mass is 9.94. The fourth-order valence-corrected chi connectivity index (χ4v) is 3.58. The Hall–Kier alpha value is -2.32. The number of imidazole rings is 1. The zero-order valence-corrected chi connectivity index (χ0v) is 14.8. The van der Waals surface area contributed by atoms with Crippen LogP contribution in [-0.2, 0) is 9.53 Å². The molecule has 0 saturated carbocycles. The average molecular weight is 356 g/mol. The number of hydrogen-bond acceptors (Lipinski definition) is 6. The van der Waals surface area contributed by atoms with Crippen molar-refractivity contribution in [2.45, 2.75) is 18.8 Å². The molecule has 0 aliphatic carbocycles. The normalized spacial score (nSPS) is 19.6. The van der Waals surface area contributed by atoms with Gasteiger partial charge in [-0.25, -0.2) is 9.97 Å². The summed E-state index contributed by atoms with van der Waals surface area (Å²) in [6.45, 7) is 5.07. The van der Waals surface area contributed by atoms with Gasteiger partial charge in [0.15, 0.2) is 5.82 Å². The fourth-order valence-electron chi connectivity index (χ4n) is 3.58. The van der Waals surface area contributed by atoms with Crippen LogP contribution in [0.15, 0.2) is 31.1 Å². The Morgan fingerprint density at radius 3 is 2.65 bits per heavy atom. The molecule has 0 N–H and O–H groups in total. The Labute approximate surface area is 152 Å². The van der Waals surface area contributed by atoms with Crippen LogP contribution in [0.5, 0.6) is 0 Å². The Balaban J connectivity index is 1.32. The first kappa shape index (κ1) is 17.1. The topological polar surface area (TPSA) is 76.4 Å². The molecule has 4 rings (SSSR count). The van der Waals surface area contributed by atoms with Gasteiger partial charge in [-0.05, 0) is 25.9 Å². The van der Waals surface area contributed by atoms with Gasteiger partial charge in [0.05, 0.1) is 31.6 Å². The molecule has 2 aliphatic heterocycles. The van der Waals surface area contributed by atoms with E-state index in [9.17, 15) is 4.79 Å². The van der Waals surface area contributed by atoms with E-state index in [2.05, 4.69) is 14.9 Å². The van der Waals surface area contributed by atoms with Crippen molar-refractivity contribution in [3.05, 3.63) is 36.8 Å². The van der Waals surface area contributed by atoms with E-state index in [4.69, 9.17) is 9.72 Å². The number of aromatic nitrogens is 4. The second-order valence-electron chi connectivity index (χ2n) is 6.82. The number of hydrogen-bond donors (Lipinski definition) is 0. The zero-order valence-electron chi connectivity index (χ0n) is 14.8. The molecule has 2 fully saturated rings. The number of ether oxygens (including phenoxy) is 1. The number of carbonyl (C=O) groups excluding carboxylic acids is 1. The van der Waals surface area contributed by atoms with Crippen molar-refractivity contribution in [2.75, 3.05) is 45.9 Å².